The van der Waals surface area contributed by atoms with Crippen LogP contribution in [0.4, 0.5) is 0 Å². The Morgan fingerprint density at radius 1 is 0.453 bits per heavy atom. The fourth-order valence-electron chi connectivity index (χ4n) is 7.32. The average molecular weight is 774 g/mol. The van der Waals surface area contributed by atoms with Crippen LogP contribution >= 0.6 is 7.82 Å². The number of phosphoric acid groups is 1. The van der Waals surface area contributed by atoms with Crippen molar-refractivity contribution in [1.82, 2.24) is 5.73 Å². The molecule has 0 aromatic rings. The molecule has 0 spiro atoms. The zero-order valence-electron chi connectivity index (χ0n) is 37.0. The summed E-state index contributed by atoms with van der Waals surface area (Å²) in [4.78, 5) is 9.97. The van der Waals surface area contributed by atoms with Crippen molar-refractivity contribution in [2.75, 3.05) is 39.6 Å². The quantitative estimate of drug-likeness (QED) is 0.0493. The Balaban J connectivity index is 4.37. The minimum absolute atomic E-state index is 0.0917. The molecule has 0 fully saturated rings. The maximum atomic E-state index is 12.2. The SMILES string of the molecule is CC(C)CCCC(C)CCCC(C)CCCC(C)CCOC[C@H](COP(=O)(O)OCC[N])OCCC(C)CCCC(C)CCCC(C)CCCC(C)C. The standard InChI is InChI=1S/C45H92NO6P/c1-37(2)17-11-19-39(5)21-13-23-41(7)25-15-27-43(9)29-32-49-35-45(36-52-53(47,48)51-34-31-46)50-33-30-44(10)28-16-26-42(8)24-14-22-40(6)20-12-18-38(3)4/h37-45H,11-36H2,1-10H3,(H,47,48)/t39?,40?,41?,42?,43?,44?,45-/m1/s1. The second kappa shape index (κ2) is 34.1. The van der Waals surface area contributed by atoms with E-state index < -0.39 is 13.9 Å². The van der Waals surface area contributed by atoms with E-state index in [-0.39, 0.29) is 19.8 Å². The van der Waals surface area contributed by atoms with Crippen molar-refractivity contribution in [3.05, 3.63) is 0 Å². The Morgan fingerprint density at radius 2 is 0.792 bits per heavy atom. The van der Waals surface area contributed by atoms with E-state index in [1.165, 1.54) is 116 Å². The molecule has 0 heterocycles. The number of rotatable bonds is 39. The number of phosphoric ester groups is 1. The van der Waals surface area contributed by atoms with Gasteiger partial charge in [-0.25, -0.2) is 4.57 Å². The fourth-order valence-corrected chi connectivity index (χ4v) is 8.07. The average Bonchev–Trinajstić information content (AvgIpc) is 3.07. The summed E-state index contributed by atoms with van der Waals surface area (Å²) in [5.74, 6) is 6.07. The highest BCUT2D eigenvalue weighted by Gasteiger charge is 2.24. The summed E-state index contributed by atoms with van der Waals surface area (Å²) in [6.07, 6.45) is 25.3. The zero-order chi connectivity index (χ0) is 39.9. The van der Waals surface area contributed by atoms with E-state index in [0.29, 0.717) is 31.7 Å². The molecule has 0 aromatic heterocycles. The lowest BCUT2D eigenvalue weighted by Crippen LogP contribution is -2.27. The van der Waals surface area contributed by atoms with E-state index in [1.54, 1.807) is 0 Å². The van der Waals surface area contributed by atoms with E-state index in [2.05, 4.69) is 69.2 Å². The van der Waals surface area contributed by atoms with Crippen LogP contribution in [-0.4, -0.2) is 50.6 Å². The maximum absolute atomic E-state index is 12.2. The topological polar surface area (TPSA) is 96.5 Å². The summed E-state index contributed by atoms with van der Waals surface area (Å²) in [7, 11) is -4.25. The largest absolute Gasteiger partial charge is 0.472 e. The number of ether oxygens (including phenoxy) is 2. The van der Waals surface area contributed by atoms with E-state index in [9.17, 15) is 9.46 Å². The van der Waals surface area contributed by atoms with Crippen molar-refractivity contribution in [1.29, 1.82) is 0 Å². The second-order valence-electron chi connectivity index (χ2n) is 18.5. The predicted octanol–water partition coefficient (Wildman–Crippen LogP) is 13.5. The highest BCUT2D eigenvalue weighted by Crippen LogP contribution is 2.43. The molecule has 7 unspecified atom stereocenters. The highest BCUT2D eigenvalue weighted by molar-refractivity contribution is 7.47. The van der Waals surface area contributed by atoms with Gasteiger partial charge in [0.2, 0.25) is 0 Å². The Kier molecular flexibility index (Phi) is 34.1. The Labute approximate surface area is 331 Å². The molecule has 7 nitrogen and oxygen atoms in total. The van der Waals surface area contributed by atoms with Gasteiger partial charge in [-0.15, -0.1) is 5.73 Å². The van der Waals surface area contributed by atoms with Gasteiger partial charge in [-0.2, -0.15) is 0 Å². The molecule has 2 radical (unpaired) electrons. The number of hydrogen-bond acceptors (Lipinski definition) is 5. The van der Waals surface area contributed by atoms with Crippen molar-refractivity contribution in [2.24, 2.45) is 47.3 Å². The highest BCUT2D eigenvalue weighted by atomic mass is 31.2. The van der Waals surface area contributed by atoms with E-state index in [4.69, 9.17) is 24.3 Å². The summed E-state index contributed by atoms with van der Waals surface area (Å²) in [5.41, 5.74) is 8.97. The van der Waals surface area contributed by atoms with Gasteiger partial charge in [-0.1, -0.05) is 185 Å². The molecular formula is C45H92NO6P. The van der Waals surface area contributed by atoms with Gasteiger partial charge >= 0.3 is 7.82 Å². The van der Waals surface area contributed by atoms with E-state index in [0.717, 1.165) is 48.3 Å². The van der Waals surface area contributed by atoms with Crippen molar-refractivity contribution in [3.8, 4) is 0 Å². The summed E-state index contributed by atoms with van der Waals surface area (Å²) in [6, 6.07) is 0. The monoisotopic (exact) mass is 774 g/mol. The summed E-state index contributed by atoms with van der Waals surface area (Å²) in [6.45, 7) is 24.4. The van der Waals surface area contributed by atoms with Crippen LogP contribution in [0.15, 0.2) is 0 Å². The lowest BCUT2D eigenvalue weighted by molar-refractivity contribution is -0.0475. The van der Waals surface area contributed by atoms with Gasteiger partial charge in [0.1, 0.15) is 6.10 Å². The molecule has 0 aliphatic heterocycles. The minimum atomic E-state index is -4.25. The molecule has 0 rings (SSSR count). The molecule has 0 saturated carbocycles. The van der Waals surface area contributed by atoms with Crippen LogP contribution in [-0.2, 0) is 23.1 Å². The Morgan fingerprint density at radius 3 is 1.15 bits per heavy atom. The lowest BCUT2D eigenvalue weighted by Gasteiger charge is -2.21. The first kappa shape index (κ1) is 53.0. The van der Waals surface area contributed by atoms with Crippen molar-refractivity contribution < 1.29 is 28.0 Å². The summed E-state index contributed by atoms with van der Waals surface area (Å²) >= 11 is 0. The molecule has 0 aliphatic carbocycles. The first-order valence-corrected chi connectivity index (χ1v) is 24.0. The molecule has 8 heteroatoms. The van der Waals surface area contributed by atoms with Gasteiger partial charge < -0.3 is 14.4 Å². The van der Waals surface area contributed by atoms with Crippen LogP contribution in [0, 0.1) is 47.3 Å². The van der Waals surface area contributed by atoms with Crippen molar-refractivity contribution in [3.63, 3.8) is 0 Å². The molecule has 0 aromatic carbocycles. The zero-order valence-corrected chi connectivity index (χ0v) is 37.9. The first-order valence-electron chi connectivity index (χ1n) is 22.5. The maximum Gasteiger partial charge on any atom is 0.472 e. The molecule has 0 aliphatic rings. The van der Waals surface area contributed by atoms with E-state index >= 15 is 0 Å². The van der Waals surface area contributed by atoms with Gasteiger partial charge in [0.25, 0.3) is 0 Å². The van der Waals surface area contributed by atoms with Crippen LogP contribution in [0.25, 0.3) is 0 Å². The van der Waals surface area contributed by atoms with Crippen LogP contribution < -0.4 is 5.73 Å². The normalized spacial score (nSPS) is 17.5. The van der Waals surface area contributed by atoms with Gasteiger partial charge in [-0.3, -0.25) is 9.05 Å². The third-order valence-electron chi connectivity index (χ3n) is 11.3. The van der Waals surface area contributed by atoms with Crippen molar-refractivity contribution >= 4 is 7.82 Å². The molecule has 8 atom stereocenters. The van der Waals surface area contributed by atoms with Gasteiger partial charge in [-0.05, 0) is 60.2 Å². The van der Waals surface area contributed by atoms with Gasteiger partial charge in [0, 0.05) is 13.2 Å². The molecule has 1 N–H and O–H groups in total. The fraction of sp³-hybridized carbons (Fsp3) is 1.00. The first-order chi connectivity index (χ1) is 25.1. The second-order valence-corrected chi connectivity index (χ2v) is 19.9. The molecule has 0 bridgehead atoms. The molecule has 53 heavy (non-hydrogen) atoms. The Hall–Kier alpha value is -0.0100. The number of hydrogen-bond donors (Lipinski definition) is 1. The van der Waals surface area contributed by atoms with Gasteiger partial charge in [0.05, 0.1) is 26.4 Å². The van der Waals surface area contributed by atoms with Crippen LogP contribution in [0.3, 0.4) is 0 Å². The van der Waals surface area contributed by atoms with Gasteiger partial charge in [0.15, 0.2) is 0 Å². The van der Waals surface area contributed by atoms with Crippen molar-refractivity contribution in [2.45, 2.75) is 204 Å². The molecule has 0 saturated heterocycles. The predicted molar refractivity (Wildman–Crippen MR) is 226 cm³/mol. The summed E-state index contributed by atoms with van der Waals surface area (Å²) < 4.78 is 34.4. The molecule has 318 valence electrons. The third-order valence-corrected chi connectivity index (χ3v) is 12.3. The Bertz CT molecular complexity index is 844. The third kappa shape index (κ3) is 36.1. The minimum Gasteiger partial charge on any atom is -0.379 e. The summed E-state index contributed by atoms with van der Waals surface area (Å²) in [5, 5.41) is 0. The van der Waals surface area contributed by atoms with E-state index in [1.807, 2.05) is 0 Å². The number of nitrogens with zero attached hydrogens (tertiary/aromatic N) is 1. The molecule has 0 amide bonds. The van der Waals surface area contributed by atoms with Crippen LogP contribution in [0.5, 0.6) is 0 Å². The smallest absolute Gasteiger partial charge is 0.379 e. The molecular weight excluding hydrogens is 681 g/mol. The van der Waals surface area contributed by atoms with Crippen LogP contribution in [0.1, 0.15) is 198 Å². The lowest BCUT2D eigenvalue weighted by atomic mass is 9.91. The van der Waals surface area contributed by atoms with Crippen LogP contribution in [0.2, 0.25) is 0 Å².